The number of hydrogen-bond donors (Lipinski definition) is 2. The molecule has 1 aromatic heterocycles. The van der Waals surface area contributed by atoms with Gasteiger partial charge in [0.05, 0.1) is 6.04 Å². The van der Waals surface area contributed by atoms with Crippen LogP contribution in [0.1, 0.15) is 49.7 Å². The van der Waals surface area contributed by atoms with Gasteiger partial charge in [0.25, 0.3) is 0 Å². The lowest BCUT2D eigenvalue weighted by Crippen LogP contribution is -2.46. The fraction of sp³-hybridized carbons (Fsp3) is 0.714. The molecule has 0 saturated heterocycles. The minimum atomic E-state index is -0.161. The van der Waals surface area contributed by atoms with Crippen LogP contribution in [0, 0.1) is 6.92 Å². The van der Waals surface area contributed by atoms with Crippen molar-refractivity contribution in [3.63, 3.8) is 0 Å². The summed E-state index contributed by atoms with van der Waals surface area (Å²) in [5.74, 6) is 0.111. The third-order valence-electron chi connectivity index (χ3n) is 3.57. The first-order chi connectivity index (χ1) is 9.15. The first-order valence-electron chi connectivity index (χ1n) is 7.10. The third kappa shape index (κ3) is 4.58. The molecule has 2 N–H and O–H groups in total. The van der Waals surface area contributed by atoms with Crippen molar-refractivity contribution in [2.45, 2.75) is 64.6 Å². The van der Waals surface area contributed by atoms with E-state index in [1.54, 1.807) is 11.3 Å². The number of hydrogen-bond acceptors (Lipinski definition) is 4. The molecule has 0 radical (unpaired) electrons. The van der Waals surface area contributed by atoms with E-state index in [1.165, 1.54) is 19.3 Å². The second-order valence-corrected chi connectivity index (χ2v) is 6.27. The monoisotopic (exact) mass is 281 g/mol. The summed E-state index contributed by atoms with van der Waals surface area (Å²) in [5.41, 5.74) is 1.04. The Balaban J connectivity index is 1.72. The highest BCUT2D eigenvalue weighted by Crippen LogP contribution is 2.17. The van der Waals surface area contributed by atoms with E-state index in [4.69, 9.17) is 0 Å². The predicted molar refractivity (Wildman–Crippen MR) is 78.2 cm³/mol. The Morgan fingerprint density at radius 1 is 1.47 bits per heavy atom. The number of nitrogens with one attached hydrogen (secondary N) is 2. The van der Waals surface area contributed by atoms with Crippen LogP contribution in [-0.2, 0) is 11.3 Å². The summed E-state index contributed by atoms with van der Waals surface area (Å²) in [5, 5.41) is 9.45. The van der Waals surface area contributed by atoms with E-state index in [0.29, 0.717) is 12.6 Å². The molecule has 2 rings (SSSR count). The molecule has 0 bridgehead atoms. The quantitative estimate of drug-likeness (QED) is 0.871. The van der Waals surface area contributed by atoms with Crippen LogP contribution in [0.2, 0.25) is 0 Å². The predicted octanol–water partition coefficient (Wildman–Crippen LogP) is 2.38. The molecular formula is C14H23N3OS. The highest BCUT2D eigenvalue weighted by Gasteiger charge is 2.19. The zero-order valence-corrected chi connectivity index (χ0v) is 12.6. The maximum absolute atomic E-state index is 12.0. The molecule has 19 heavy (non-hydrogen) atoms. The lowest BCUT2D eigenvalue weighted by Gasteiger charge is -2.24. The molecule has 1 amide bonds. The third-order valence-corrected chi connectivity index (χ3v) is 4.54. The standard InChI is InChI=1S/C14H23N3OS/c1-10-9-19-13(16-10)8-15-11(2)14(18)17-12-6-4-3-5-7-12/h9,11-12,15H,3-8H2,1-2H3,(H,17,18). The second kappa shape index (κ2) is 7.01. The van der Waals surface area contributed by atoms with E-state index in [0.717, 1.165) is 23.5 Å². The molecule has 1 aliphatic carbocycles. The average Bonchev–Trinajstić information content (AvgIpc) is 2.83. The lowest BCUT2D eigenvalue weighted by atomic mass is 9.95. The summed E-state index contributed by atoms with van der Waals surface area (Å²) in [7, 11) is 0. The molecule has 1 saturated carbocycles. The first-order valence-corrected chi connectivity index (χ1v) is 7.98. The summed E-state index contributed by atoms with van der Waals surface area (Å²) < 4.78 is 0. The normalized spacial score (nSPS) is 18.2. The highest BCUT2D eigenvalue weighted by atomic mass is 32.1. The van der Waals surface area contributed by atoms with Crippen LogP contribution in [-0.4, -0.2) is 23.0 Å². The Bertz CT molecular complexity index is 413. The molecule has 0 spiro atoms. The molecule has 1 aromatic rings. The van der Waals surface area contributed by atoms with Gasteiger partial charge in [0, 0.05) is 23.7 Å². The number of amides is 1. The van der Waals surface area contributed by atoms with E-state index in [9.17, 15) is 4.79 Å². The molecule has 0 aliphatic heterocycles. The van der Waals surface area contributed by atoms with Crippen LogP contribution in [0.5, 0.6) is 0 Å². The Kier molecular flexibility index (Phi) is 5.34. The van der Waals surface area contributed by atoms with Gasteiger partial charge in [0.1, 0.15) is 5.01 Å². The first kappa shape index (κ1) is 14.5. The average molecular weight is 281 g/mol. The summed E-state index contributed by atoms with van der Waals surface area (Å²) in [6.45, 7) is 4.57. The number of nitrogens with zero attached hydrogens (tertiary/aromatic N) is 1. The molecule has 1 unspecified atom stereocenters. The Hall–Kier alpha value is -0.940. The van der Waals surface area contributed by atoms with E-state index < -0.39 is 0 Å². The summed E-state index contributed by atoms with van der Waals surface area (Å²) >= 11 is 1.63. The van der Waals surface area contributed by atoms with Crippen molar-refractivity contribution in [3.05, 3.63) is 16.1 Å². The van der Waals surface area contributed by atoms with Gasteiger partial charge in [-0.15, -0.1) is 11.3 Å². The van der Waals surface area contributed by atoms with E-state index >= 15 is 0 Å². The maximum Gasteiger partial charge on any atom is 0.237 e. The van der Waals surface area contributed by atoms with Crippen LogP contribution in [0.15, 0.2) is 5.38 Å². The molecule has 1 heterocycles. The molecule has 106 valence electrons. The van der Waals surface area contributed by atoms with Gasteiger partial charge in [0.2, 0.25) is 5.91 Å². The molecule has 4 nitrogen and oxygen atoms in total. The number of thiazole rings is 1. The van der Waals surface area contributed by atoms with Crippen LogP contribution < -0.4 is 10.6 Å². The molecule has 1 atom stereocenters. The van der Waals surface area contributed by atoms with Gasteiger partial charge in [-0.25, -0.2) is 4.98 Å². The van der Waals surface area contributed by atoms with E-state index in [2.05, 4.69) is 15.6 Å². The zero-order valence-electron chi connectivity index (χ0n) is 11.7. The Morgan fingerprint density at radius 3 is 2.84 bits per heavy atom. The van der Waals surface area contributed by atoms with Crippen molar-refractivity contribution >= 4 is 17.2 Å². The lowest BCUT2D eigenvalue weighted by molar-refractivity contribution is -0.123. The highest BCUT2D eigenvalue weighted by molar-refractivity contribution is 7.09. The summed E-state index contributed by atoms with van der Waals surface area (Å²) in [4.78, 5) is 16.4. The van der Waals surface area contributed by atoms with Gasteiger partial charge < -0.3 is 5.32 Å². The van der Waals surface area contributed by atoms with Gasteiger partial charge in [0.15, 0.2) is 0 Å². The second-order valence-electron chi connectivity index (χ2n) is 5.33. The van der Waals surface area contributed by atoms with Crippen LogP contribution in [0.3, 0.4) is 0 Å². The van der Waals surface area contributed by atoms with Crippen molar-refractivity contribution in [1.82, 2.24) is 15.6 Å². The summed E-state index contributed by atoms with van der Waals surface area (Å²) in [6, 6.07) is 0.221. The van der Waals surface area contributed by atoms with E-state index in [-0.39, 0.29) is 11.9 Å². The van der Waals surface area contributed by atoms with Crippen LogP contribution >= 0.6 is 11.3 Å². The van der Waals surface area contributed by atoms with Gasteiger partial charge >= 0.3 is 0 Å². The van der Waals surface area contributed by atoms with Gasteiger partial charge in [-0.05, 0) is 26.7 Å². The minimum Gasteiger partial charge on any atom is -0.352 e. The van der Waals surface area contributed by atoms with E-state index in [1.807, 2.05) is 19.2 Å². The molecule has 1 aliphatic rings. The van der Waals surface area contributed by atoms with Gasteiger partial charge in [-0.1, -0.05) is 19.3 Å². The van der Waals surface area contributed by atoms with Crippen molar-refractivity contribution in [1.29, 1.82) is 0 Å². The number of carbonyl (C=O) groups excluding carboxylic acids is 1. The van der Waals surface area contributed by atoms with Gasteiger partial charge in [-0.2, -0.15) is 0 Å². The SMILES string of the molecule is Cc1csc(CNC(C)C(=O)NC2CCCCC2)n1. The zero-order chi connectivity index (χ0) is 13.7. The Morgan fingerprint density at radius 2 is 2.21 bits per heavy atom. The van der Waals surface area contributed by atoms with Crippen molar-refractivity contribution in [3.8, 4) is 0 Å². The van der Waals surface area contributed by atoms with Crippen molar-refractivity contribution in [2.75, 3.05) is 0 Å². The Labute approximate surface area is 119 Å². The molecule has 5 heteroatoms. The number of rotatable bonds is 5. The minimum absolute atomic E-state index is 0.111. The molecule has 1 fully saturated rings. The maximum atomic E-state index is 12.0. The molecular weight excluding hydrogens is 258 g/mol. The van der Waals surface area contributed by atoms with Crippen molar-refractivity contribution < 1.29 is 4.79 Å². The fourth-order valence-corrected chi connectivity index (χ4v) is 3.11. The smallest absolute Gasteiger partial charge is 0.237 e. The molecule has 0 aromatic carbocycles. The van der Waals surface area contributed by atoms with Gasteiger partial charge in [-0.3, -0.25) is 10.1 Å². The topological polar surface area (TPSA) is 54.0 Å². The number of aryl methyl sites for hydroxylation is 1. The van der Waals surface area contributed by atoms with Crippen molar-refractivity contribution in [2.24, 2.45) is 0 Å². The fourth-order valence-electron chi connectivity index (χ4n) is 2.39. The summed E-state index contributed by atoms with van der Waals surface area (Å²) in [6.07, 6.45) is 6.05. The van der Waals surface area contributed by atoms with Crippen LogP contribution in [0.25, 0.3) is 0 Å². The van der Waals surface area contributed by atoms with Crippen LogP contribution in [0.4, 0.5) is 0 Å². The number of aromatic nitrogens is 1. The largest absolute Gasteiger partial charge is 0.352 e. The number of carbonyl (C=O) groups is 1.